The summed E-state index contributed by atoms with van der Waals surface area (Å²) >= 11 is 5.68. The van der Waals surface area contributed by atoms with E-state index in [0.717, 1.165) is 0 Å². The van der Waals surface area contributed by atoms with Crippen molar-refractivity contribution in [2.45, 2.75) is 6.42 Å². The highest BCUT2D eigenvalue weighted by Gasteiger charge is 2.02. The van der Waals surface area contributed by atoms with Crippen molar-refractivity contribution in [2.24, 2.45) is 5.73 Å². The third-order valence-corrected chi connectivity index (χ3v) is 1.94. The summed E-state index contributed by atoms with van der Waals surface area (Å²) < 4.78 is 13.1. The number of nitrogens with two attached hydrogens (primary N) is 1. The Balaban J connectivity index is 2.57. The maximum atomic E-state index is 13.1. The first-order chi connectivity index (χ1) is 6.59. The molecule has 3 N–H and O–H groups in total. The summed E-state index contributed by atoms with van der Waals surface area (Å²) in [7, 11) is 0. The van der Waals surface area contributed by atoms with Crippen molar-refractivity contribution < 1.29 is 9.18 Å². The van der Waals surface area contributed by atoms with Crippen LogP contribution >= 0.6 is 11.6 Å². The topological polar surface area (TPSA) is 55.1 Å². The molecule has 0 fully saturated rings. The Labute approximate surface area is 86.0 Å². The van der Waals surface area contributed by atoms with Gasteiger partial charge < -0.3 is 11.1 Å². The van der Waals surface area contributed by atoms with Gasteiger partial charge in [0.15, 0.2) is 0 Å². The third kappa shape index (κ3) is 3.22. The number of hydrogen-bond donors (Lipinski definition) is 2. The van der Waals surface area contributed by atoms with Gasteiger partial charge in [-0.1, -0.05) is 11.6 Å². The standard InChI is InChI=1S/C9H10ClFN2O/c10-7-1-2-8(11)6(5-7)3-4-13-9(12)14/h1-2,5H,3-4H2,(H3,12,13,14). The predicted octanol–water partition coefficient (Wildman–Crippen LogP) is 1.69. The highest BCUT2D eigenvalue weighted by atomic mass is 35.5. The van der Waals surface area contributed by atoms with Crippen LogP contribution in [0.4, 0.5) is 9.18 Å². The molecule has 0 aliphatic carbocycles. The van der Waals surface area contributed by atoms with E-state index in [-0.39, 0.29) is 5.82 Å². The van der Waals surface area contributed by atoms with Crippen molar-refractivity contribution in [3.8, 4) is 0 Å². The first-order valence-electron chi connectivity index (χ1n) is 4.07. The largest absolute Gasteiger partial charge is 0.352 e. The fourth-order valence-corrected chi connectivity index (χ4v) is 1.25. The summed E-state index contributed by atoms with van der Waals surface area (Å²) in [6.45, 7) is 0.298. The SMILES string of the molecule is NC(=O)NCCc1cc(Cl)ccc1F. The molecule has 0 saturated heterocycles. The molecular formula is C9H10ClFN2O. The zero-order valence-electron chi connectivity index (χ0n) is 7.39. The van der Waals surface area contributed by atoms with Gasteiger partial charge in [-0.2, -0.15) is 0 Å². The van der Waals surface area contributed by atoms with Crippen LogP contribution in [0.2, 0.25) is 5.02 Å². The van der Waals surface area contributed by atoms with Crippen LogP contribution in [0.25, 0.3) is 0 Å². The molecule has 1 aromatic carbocycles. The molecular weight excluding hydrogens is 207 g/mol. The Kier molecular flexibility index (Phi) is 3.71. The van der Waals surface area contributed by atoms with Crippen LogP contribution in [0.15, 0.2) is 18.2 Å². The van der Waals surface area contributed by atoms with E-state index in [4.69, 9.17) is 17.3 Å². The lowest BCUT2D eigenvalue weighted by molar-refractivity contribution is 0.249. The Morgan fingerprint density at radius 3 is 2.93 bits per heavy atom. The number of urea groups is 1. The fraction of sp³-hybridized carbons (Fsp3) is 0.222. The molecule has 3 nitrogen and oxygen atoms in total. The molecule has 14 heavy (non-hydrogen) atoms. The van der Waals surface area contributed by atoms with E-state index in [1.165, 1.54) is 18.2 Å². The number of hydrogen-bond acceptors (Lipinski definition) is 1. The van der Waals surface area contributed by atoms with Crippen LogP contribution in [0, 0.1) is 5.82 Å². The first kappa shape index (κ1) is 10.8. The van der Waals surface area contributed by atoms with Crippen molar-refractivity contribution in [2.75, 3.05) is 6.54 Å². The highest BCUT2D eigenvalue weighted by Crippen LogP contribution is 2.14. The maximum Gasteiger partial charge on any atom is 0.312 e. The molecule has 0 heterocycles. The molecule has 0 spiro atoms. The van der Waals surface area contributed by atoms with Gasteiger partial charge in [-0.3, -0.25) is 0 Å². The molecule has 1 aromatic rings. The Hall–Kier alpha value is -1.29. The van der Waals surface area contributed by atoms with Gasteiger partial charge in [0, 0.05) is 11.6 Å². The number of rotatable bonds is 3. The summed E-state index contributed by atoms with van der Waals surface area (Å²) in [6.07, 6.45) is 0.370. The third-order valence-electron chi connectivity index (χ3n) is 1.70. The van der Waals surface area contributed by atoms with Gasteiger partial charge >= 0.3 is 6.03 Å². The number of amides is 2. The van der Waals surface area contributed by atoms with Gasteiger partial charge in [0.05, 0.1) is 0 Å². The molecule has 0 aliphatic rings. The van der Waals surface area contributed by atoms with Gasteiger partial charge in [0.1, 0.15) is 5.82 Å². The molecule has 76 valence electrons. The molecule has 0 unspecified atom stereocenters. The molecule has 2 amide bonds. The van der Waals surface area contributed by atoms with Crippen molar-refractivity contribution in [3.05, 3.63) is 34.6 Å². The predicted molar refractivity (Wildman–Crippen MR) is 52.7 cm³/mol. The van der Waals surface area contributed by atoms with E-state index < -0.39 is 6.03 Å². The molecule has 0 saturated carbocycles. The van der Waals surface area contributed by atoms with E-state index in [0.29, 0.717) is 23.6 Å². The van der Waals surface area contributed by atoms with E-state index in [1.807, 2.05) is 0 Å². The Morgan fingerprint density at radius 2 is 2.29 bits per heavy atom. The molecule has 0 bridgehead atoms. The average Bonchev–Trinajstić information content (AvgIpc) is 2.10. The number of halogens is 2. The summed E-state index contributed by atoms with van der Waals surface area (Å²) in [5, 5.41) is 2.84. The number of benzene rings is 1. The van der Waals surface area contributed by atoms with Crippen molar-refractivity contribution in [1.82, 2.24) is 5.32 Å². The van der Waals surface area contributed by atoms with Gasteiger partial charge in [0.25, 0.3) is 0 Å². The van der Waals surface area contributed by atoms with Crippen LogP contribution < -0.4 is 11.1 Å². The van der Waals surface area contributed by atoms with Crippen LogP contribution in [-0.4, -0.2) is 12.6 Å². The highest BCUT2D eigenvalue weighted by molar-refractivity contribution is 6.30. The second-order valence-electron chi connectivity index (χ2n) is 2.78. The van der Waals surface area contributed by atoms with E-state index >= 15 is 0 Å². The van der Waals surface area contributed by atoms with Crippen molar-refractivity contribution >= 4 is 17.6 Å². The fourth-order valence-electron chi connectivity index (χ4n) is 1.06. The first-order valence-corrected chi connectivity index (χ1v) is 4.44. The molecule has 5 heteroatoms. The number of nitrogens with one attached hydrogen (secondary N) is 1. The molecule has 0 aromatic heterocycles. The second-order valence-corrected chi connectivity index (χ2v) is 3.21. The summed E-state index contributed by atoms with van der Waals surface area (Å²) in [5.41, 5.74) is 5.32. The lowest BCUT2D eigenvalue weighted by Crippen LogP contribution is -2.31. The van der Waals surface area contributed by atoms with Gasteiger partial charge in [-0.05, 0) is 30.2 Å². The second kappa shape index (κ2) is 4.81. The average molecular weight is 217 g/mol. The molecule has 0 atom stereocenters. The molecule has 0 radical (unpaired) electrons. The van der Waals surface area contributed by atoms with Crippen LogP contribution in [-0.2, 0) is 6.42 Å². The smallest absolute Gasteiger partial charge is 0.312 e. The number of primary amides is 1. The minimum Gasteiger partial charge on any atom is -0.352 e. The number of carbonyl (C=O) groups is 1. The van der Waals surface area contributed by atoms with E-state index in [1.54, 1.807) is 0 Å². The minimum absolute atomic E-state index is 0.298. The number of carbonyl (C=O) groups excluding carboxylic acids is 1. The monoisotopic (exact) mass is 216 g/mol. The minimum atomic E-state index is -0.618. The molecule has 0 aliphatic heterocycles. The Bertz CT molecular complexity index is 344. The lowest BCUT2D eigenvalue weighted by atomic mass is 10.1. The zero-order valence-corrected chi connectivity index (χ0v) is 8.14. The normalized spacial score (nSPS) is 9.86. The van der Waals surface area contributed by atoms with Crippen molar-refractivity contribution in [1.29, 1.82) is 0 Å². The summed E-state index contributed by atoms with van der Waals surface area (Å²) in [6, 6.07) is 3.68. The van der Waals surface area contributed by atoms with Gasteiger partial charge in [0.2, 0.25) is 0 Å². The van der Waals surface area contributed by atoms with Crippen LogP contribution in [0.1, 0.15) is 5.56 Å². The van der Waals surface area contributed by atoms with Gasteiger partial charge in [-0.25, -0.2) is 9.18 Å². The zero-order chi connectivity index (χ0) is 10.6. The van der Waals surface area contributed by atoms with Gasteiger partial charge in [-0.15, -0.1) is 0 Å². The maximum absolute atomic E-state index is 13.1. The lowest BCUT2D eigenvalue weighted by Gasteiger charge is -2.04. The van der Waals surface area contributed by atoms with Crippen LogP contribution in [0.5, 0.6) is 0 Å². The van der Waals surface area contributed by atoms with E-state index in [9.17, 15) is 9.18 Å². The summed E-state index contributed by atoms with van der Waals surface area (Å²) in [4.78, 5) is 10.3. The summed E-state index contributed by atoms with van der Waals surface area (Å²) in [5.74, 6) is -0.333. The van der Waals surface area contributed by atoms with E-state index in [2.05, 4.69) is 5.32 Å². The van der Waals surface area contributed by atoms with Crippen molar-refractivity contribution in [3.63, 3.8) is 0 Å². The molecule has 1 rings (SSSR count). The van der Waals surface area contributed by atoms with Crippen LogP contribution in [0.3, 0.4) is 0 Å². The quantitative estimate of drug-likeness (QED) is 0.794. The Morgan fingerprint density at radius 1 is 1.57 bits per heavy atom.